The lowest BCUT2D eigenvalue weighted by Gasteiger charge is -1.96. The molecule has 0 unspecified atom stereocenters. The van der Waals surface area contributed by atoms with Gasteiger partial charge in [-0.25, -0.2) is 9.48 Å². The predicted molar refractivity (Wildman–Crippen MR) is 60.6 cm³/mol. The van der Waals surface area contributed by atoms with Gasteiger partial charge in [0.25, 0.3) is 0 Å². The molecule has 0 amide bonds. The molecule has 0 bridgehead atoms. The van der Waals surface area contributed by atoms with Crippen LogP contribution in [0.4, 0.5) is 5.82 Å². The number of aryl methyl sites for hydroxylation is 3. The first-order valence-corrected chi connectivity index (χ1v) is 5.29. The average molecular weight is 266 g/mol. The number of aromatic carboxylic acids is 1. The summed E-state index contributed by atoms with van der Waals surface area (Å²) >= 11 is 0. The Labute approximate surface area is 106 Å². The number of nitrogens with zero attached hydrogens (tertiary/aromatic N) is 6. The first-order valence-electron chi connectivity index (χ1n) is 5.29. The zero-order chi connectivity index (χ0) is 14.0. The van der Waals surface area contributed by atoms with Crippen LogP contribution in [0.15, 0.2) is 12.4 Å². The van der Waals surface area contributed by atoms with Gasteiger partial charge in [0, 0.05) is 0 Å². The number of hydrogen-bond donors (Lipinski definition) is 1. The lowest BCUT2D eigenvalue weighted by Crippen LogP contribution is -2.08. The van der Waals surface area contributed by atoms with Gasteiger partial charge in [-0.3, -0.25) is 0 Å². The number of rotatable bonds is 5. The summed E-state index contributed by atoms with van der Waals surface area (Å²) in [7, 11) is 0. The maximum Gasteiger partial charge on any atom is 0.392 e. The second kappa shape index (κ2) is 4.84. The molecule has 2 aromatic rings. The van der Waals surface area contributed by atoms with Gasteiger partial charge in [-0.15, -0.1) is 5.10 Å². The molecule has 0 aromatic carbocycles. The molecule has 100 valence electrons. The summed E-state index contributed by atoms with van der Waals surface area (Å²) in [5.41, 5.74) is 0.317. The van der Waals surface area contributed by atoms with E-state index in [9.17, 15) is 14.9 Å². The molecule has 2 heterocycles. The van der Waals surface area contributed by atoms with Crippen molar-refractivity contribution in [1.82, 2.24) is 24.8 Å². The Bertz CT molecular complexity index is 630. The first-order chi connectivity index (χ1) is 8.97. The highest BCUT2D eigenvalue weighted by Crippen LogP contribution is 2.13. The van der Waals surface area contributed by atoms with Crippen molar-refractivity contribution in [2.24, 2.45) is 0 Å². The average Bonchev–Trinajstić information content (AvgIpc) is 2.92. The maximum atomic E-state index is 10.6. The molecule has 0 fully saturated rings. The molecule has 2 aromatic heterocycles. The molecule has 2 rings (SSSR count). The van der Waals surface area contributed by atoms with E-state index in [4.69, 9.17) is 5.11 Å². The van der Waals surface area contributed by atoms with Gasteiger partial charge in [0.1, 0.15) is 0 Å². The van der Waals surface area contributed by atoms with Crippen LogP contribution < -0.4 is 0 Å². The smallest absolute Gasteiger partial charge is 0.392 e. The van der Waals surface area contributed by atoms with Gasteiger partial charge in [0.05, 0.1) is 36.1 Å². The Balaban J connectivity index is 2.03. The van der Waals surface area contributed by atoms with Gasteiger partial charge >= 0.3 is 11.8 Å². The fourth-order valence-electron chi connectivity index (χ4n) is 1.52. The molecule has 0 saturated heterocycles. The zero-order valence-electron chi connectivity index (χ0n) is 9.92. The Kier molecular flexibility index (Phi) is 3.23. The van der Waals surface area contributed by atoms with Crippen molar-refractivity contribution in [2.45, 2.75) is 20.0 Å². The Morgan fingerprint density at radius 2 is 2.11 bits per heavy atom. The molecule has 0 atom stereocenters. The number of aromatic nitrogens is 5. The minimum Gasteiger partial charge on any atom is -0.476 e. The molecular formula is C9H10N6O4. The molecule has 1 N–H and O–H groups in total. The molecular weight excluding hydrogens is 256 g/mol. The van der Waals surface area contributed by atoms with E-state index in [1.54, 1.807) is 13.1 Å². The molecule has 10 heteroatoms. The number of hydrogen-bond acceptors (Lipinski definition) is 6. The minimum atomic E-state index is -1.16. The molecule has 0 aliphatic rings. The normalized spacial score (nSPS) is 10.6. The predicted octanol–water partition coefficient (Wildman–Crippen LogP) is 0.0896. The van der Waals surface area contributed by atoms with Gasteiger partial charge in [0.15, 0.2) is 5.69 Å². The van der Waals surface area contributed by atoms with Crippen LogP contribution in [0, 0.1) is 17.0 Å². The third kappa shape index (κ3) is 2.73. The second-order valence-electron chi connectivity index (χ2n) is 3.83. The van der Waals surface area contributed by atoms with E-state index < -0.39 is 10.9 Å². The highest BCUT2D eigenvalue weighted by atomic mass is 16.6. The van der Waals surface area contributed by atoms with Crippen LogP contribution in [0.1, 0.15) is 16.1 Å². The van der Waals surface area contributed by atoms with E-state index in [2.05, 4.69) is 15.4 Å². The fourth-order valence-corrected chi connectivity index (χ4v) is 1.52. The zero-order valence-corrected chi connectivity index (χ0v) is 9.92. The largest absolute Gasteiger partial charge is 0.476 e. The van der Waals surface area contributed by atoms with Crippen molar-refractivity contribution in [3.8, 4) is 0 Å². The summed E-state index contributed by atoms with van der Waals surface area (Å²) in [5, 5.41) is 30.2. The second-order valence-corrected chi connectivity index (χ2v) is 3.83. The highest BCUT2D eigenvalue weighted by Gasteiger charge is 2.17. The third-order valence-corrected chi connectivity index (χ3v) is 2.41. The van der Waals surface area contributed by atoms with Gasteiger partial charge < -0.3 is 15.2 Å². The third-order valence-electron chi connectivity index (χ3n) is 2.41. The van der Waals surface area contributed by atoms with Crippen molar-refractivity contribution in [2.75, 3.05) is 0 Å². The van der Waals surface area contributed by atoms with Crippen LogP contribution in [0.5, 0.6) is 0 Å². The van der Waals surface area contributed by atoms with Crippen LogP contribution >= 0.6 is 0 Å². The molecule has 19 heavy (non-hydrogen) atoms. The number of carboxylic acid groups (broad SMARTS) is 1. The minimum absolute atomic E-state index is 0.150. The SMILES string of the molecule is Cc1cn(CCn2cc(C(=O)O)nn2)nc1[N+](=O)[O-]. The van der Waals surface area contributed by atoms with Crippen LogP contribution in [0.25, 0.3) is 0 Å². The van der Waals surface area contributed by atoms with Crippen molar-refractivity contribution in [1.29, 1.82) is 0 Å². The highest BCUT2D eigenvalue weighted by molar-refractivity contribution is 5.84. The van der Waals surface area contributed by atoms with Crippen LogP contribution in [-0.2, 0) is 13.1 Å². The molecule has 0 aliphatic heterocycles. The lowest BCUT2D eigenvalue weighted by molar-refractivity contribution is -0.390. The summed E-state index contributed by atoms with van der Waals surface area (Å²) in [6.45, 7) is 2.25. The molecule has 0 spiro atoms. The van der Waals surface area contributed by atoms with E-state index in [0.717, 1.165) is 0 Å². The van der Waals surface area contributed by atoms with Crippen molar-refractivity contribution < 1.29 is 14.8 Å². The van der Waals surface area contributed by atoms with E-state index in [1.807, 2.05) is 0 Å². The Morgan fingerprint density at radius 3 is 2.63 bits per heavy atom. The summed E-state index contributed by atoms with van der Waals surface area (Å²) < 4.78 is 2.75. The molecule has 10 nitrogen and oxygen atoms in total. The van der Waals surface area contributed by atoms with Crippen molar-refractivity contribution in [3.05, 3.63) is 33.8 Å². The lowest BCUT2D eigenvalue weighted by atomic mass is 10.4. The van der Waals surface area contributed by atoms with E-state index in [-0.39, 0.29) is 11.5 Å². The van der Waals surface area contributed by atoms with Crippen LogP contribution in [-0.4, -0.2) is 40.8 Å². The van der Waals surface area contributed by atoms with Gasteiger partial charge in [0.2, 0.25) is 0 Å². The first kappa shape index (κ1) is 12.7. The molecule has 0 saturated carbocycles. The summed E-state index contributed by atoms with van der Waals surface area (Å²) in [5.74, 6) is -1.35. The summed E-state index contributed by atoms with van der Waals surface area (Å²) in [4.78, 5) is 20.7. The molecule has 0 aliphatic carbocycles. The van der Waals surface area contributed by atoms with Crippen LogP contribution in [0.3, 0.4) is 0 Å². The Hall–Kier alpha value is -2.78. The molecule has 0 radical (unpaired) electrons. The quantitative estimate of drug-likeness (QED) is 0.599. The fraction of sp³-hybridized carbons (Fsp3) is 0.333. The number of nitro groups is 1. The Morgan fingerprint density at radius 1 is 1.42 bits per heavy atom. The standard InChI is InChI=1S/C9H10N6O4/c1-6-4-13(11-8(6)15(18)19)2-3-14-5-7(9(16)17)10-12-14/h4-5H,2-3H2,1H3,(H,16,17). The van der Waals surface area contributed by atoms with Crippen LogP contribution in [0.2, 0.25) is 0 Å². The van der Waals surface area contributed by atoms with E-state index in [1.165, 1.54) is 15.6 Å². The van der Waals surface area contributed by atoms with Crippen molar-refractivity contribution >= 4 is 11.8 Å². The van der Waals surface area contributed by atoms with Gasteiger partial charge in [-0.05, 0) is 11.8 Å². The van der Waals surface area contributed by atoms with Gasteiger partial charge in [-0.1, -0.05) is 5.21 Å². The number of carbonyl (C=O) groups is 1. The summed E-state index contributed by atoms with van der Waals surface area (Å²) in [6, 6.07) is 0. The topological polar surface area (TPSA) is 129 Å². The van der Waals surface area contributed by atoms with E-state index >= 15 is 0 Å². The van der Waals surface area contributed by atoms with Crippen molar-refractivity contribution in [3.63, 3.8) is 0 Å². The monoisotopic (exact) mass is 266 g/mol. The summed E-state index contributed by atoms with van der Waals surface area (Å²) in [6.07, 6.45) is 2.83. The van der Waals surface area contributed by atoms with E-state index in [0.29, 0.717) is 18.7 Å². The maximum absolute atomic E-state index is 10.6. The van der Waals surface area contributed by atoms with Gasteiger partial charge in [-0.2, -0.15) is 4.68 Å². The number of carboxylic acids is 1.